The van der Waals surface area contributed by atoms with E-state index >= 15 is 0 Å². The highest BCUT2D eigenvalue weighted by Gasteiger charge is 2.22. The SMILES string of the molecule is CCC(NS(=O)(=O)NC(=O)OC(C)C)C(N)=NO. The van der Waals surface area contributed by atoms with E-state index in [0.29, 0.717) is 0 Å². The molecule has 0 radical (unpaired) electrons. The first-order chi connectivity index (χ1) is 8.21. The van der Waals surface area contributed by atoms with E-state index in [9.17, 15) is 13.2 Å². The number of amidine groups is 1. The molecule has 9 nitrogen and oxygen atoms in total. The van der Waals surface area contributed by atoms with Crippen molar-refractivity contribution in [1.82, 2.24) is 9.44 Å². The molecule has 1 amide bonds. The Morgan fingerprint density at radius 1 is 1.50 bits per heavy atom. The van der Waals surface area contributed by atoms with E-state index in [4.69, 9.17) is 10.9 Å². The van der Waals surface area contributed by atoms with Crippen LogP contribution >= 0.6 is 0 Å². The topological polar surface area (TPSA) is 143 Å². The highest BCUT2D eigenvalue weighted by atomic mass is 32.2. The first-order valence-corrected chi connectivity index (χ1v) is 6.68. The number of hydrogen-bond acceptors (Lipinski definition) is 6. The van der Waals surface area contributed by atoms with Crippen molar-refractivity contribution in [2.45, 2.75) is 39.3 Å². The Balaban J connectivity index is 4.61. The number of hydrogen-bond donors (Lipinski definition) is 4. The summed E-state index contributed by atoms with van der Waals surface area (Å²) in [4.78, 5) is 11.1. The largest absolute Gasteiger partial charge is 0.446 e. The van der Waals surface area contributed by atoms with Crippen molar-refractivity contribution in [2.75, 3.05) is 0 Å². The van der Waals surface area contributed by atoms with Crippen LogP contribution in [0.2, 0.25) is 0 Å². The van der Waals surface area contributed by atoms with Gasteiger partial charge < -0.3 is 15.7 Å². The maximum Gasteiger partial charge on any atom is 0.422 e. The van der Waals surface area contributed by atoms with Gasteiger partial charge in [-0.1, -0.05) is 12.1 Å². The molecule has 0 fully saturated rings. The van der Waals surface area contributed by atoms with Crippen molar-refractivity contribution in [3.05, 3.63) is 0 Å². The third-order valence-electron chi connectivity index (χ3n) is 1.74. The Labute approximate surface area is 106 Å². The Morgan fingerprint density at radius 2 is 2.06 bits per heavy atom. The molecule has 0 aromatic carbocycles. The highest BCUT2D eigenvalue weighted by molar-refractivity contribution is 7.88. The molecule has 0 spiro atoms. The van der Waals surface area contributed by atoms with Gasteiger partial charge in [0.2, 0.25) is 0 Å². The summed E-state index contributed by atoms with van der Waals surface area (Å²) < 4.78 is 31.3. The predicted octanol–water partition coefficient (Wildman–Crippen LogP) is -0.520. The molecule has 0 aliphatic rings. The van der Waals surface area contributed by atoms with Crippen molar-refractivity contribution in [3.63, 3.8) is 0 Å². The molecule has 0 heterocycles. The lowest BCUT2D eigenvalue weighted by atomic mass is 10.2. The molecule has 1 unspecified atom stereocenters. The molecule has 0 aliphatic heterocycles. The van der Waals surface area contributed by atoms with Gasteiger partial charge in [-0.15, -0.1) is 0 Å². The second-order valence-electron chi connectivity index (χ2n) is 3.66. The number of nitrogens with one attached hydrogen (secondary N) is 2. The van der Waals surface area contributed by atoms with Gasteiger partial charge in [0.1, 0.15) is 0 Å². The number of rotatable bonds is 6. The van der Waals surface area contributed by atoms with Gasteiger partial charge in [0.15, 0.2) is 5.84 Å². The summed E-state index contributed by atoms with van der Waals surface area (Å²) in [5, 5.41) is 11.1. The predicted molar refractivity (Wildman–Crippen MR) is 64.3 cm³/mol. The number of amides is 1. The molecule has 1 atom stereocenters. The van der Waals surface area contributed by atoms with E-state index in [1.165, 1.54) is 0 Å². The second-order valence-corrected chi connectivity index (χ2v) is 5.11. The van der Waals surface area contributed by atoms with Gasteiger partial charge in [-0.25, -0.2) is 9.52 Å². The van der Waals surface area contributed by atoms with Crippen molar-refractivity contribution < 1.29 is 23.2 Å². The van der Waals surface area contributed by atoms with Crippen LogP contribution in [0.15, 0.2) is 5.16 Å². The summed E-state index contributed by atoms with van der Waals surface area (Å²) in [7, 11) is -4.14. The summed E-state index contributed by atoms with van der Waals surface area (Å²) >= 11 is 0. The Bertz CT molecular complexity index is 406. The van der Waals surface area contributed by atoms with Gasteiger partial charge in [-0.3, -0.25) is 0 Å². The molecule has 0 bridgehead atoms. The fourth-order valence-electron chi connectivity index (χ4n) is 0.987. The summed E-state index contributed by atoms with van der Waals surface area (Å²) in [5.74, 6) is -0.305. The zero-order valence-corrected chi connectivity index (χ0v) is 11.2. The molecule has 0 saturated heterocycles. The molecular formula is C8H18N4O5S. The van der Waals surface area contributed by atoms with E-state index in [1.54, 1.807) is 25.5 Å². The molecule has 18 heavy (non-hydrogen) atoms. The van der Waals surface area contributed by atoms with Gasteiger partial charge in [0, 0.05) is 0 Å². The minimum atomic E-state index is -4.14. The molecule has 5 N–H and O–H groups in total. The monoisotopic (exact) mass is 282 g/mol. The normalized spacial score (nSPS) is 14.3. The van der Waals surface area contributed by atoms with E-state index in [2.05, 4.69) is 9.89 Å². The maximum atomic E-state index is 11.5. The van der Waals surface area contributed by atoms with Crippen LogP contribution in [0.25, 0.3) is 0 Å². The van der Waals surface area contributed by atoms with Crippen LogP contribution in [0.1, 0.15) is 27.2 Å². The zero-order valence-electron chi connectivity index (χ0n) is 10.4. The number of carbonyl (C=O) groups excluding carboxylic acids is 1. The quantitative estimate of drug-likeness (QED) is 0.223. The molecule has 10 heteroatoms. The van der Waals surface area contributed by atoms with Crippen LogP contribution in [0.4, 0.5) is 4.79 Å². The zero-order chi connectivity index (χ0) is 14.3. The summed E-state index contributed by atoms with van der Waals surface area (Å²) in [5.41, 5.74) is 5.28. The minimum Gasteiger partial charge on any atom is -0.446 e. The number of nitrogens with two attached hydrogens (primary N) is 1. The number of oxime groups is 1. The summed E-state index contributed by atoms with van der Waals surface area (Å²) in [6, 6.07) is -0.917. The third kappa shape index (κ3) is 6.25. The lowest BCUT2D eigenvalue weighted by Gasteiger charge is -2.16. The molecular weight excluding hydrogens is 264 g/mol. The van der Waals surface area contributed by atoms with Crippen LogP contribution in [-0.2, 0) is 14.9 Å². The van der Waals surface area contributed by atoms with Crippen molar-refractivity contribution >= 4 is 22.1 Å². The lowest BCUT2D eigenvalue weighted by Crippen LogP contribution is -2.50. The third-order valence-corrected chi connectivity index (χ3v) is 2.77. The lowest BCUT2D eigenvalue weighted by molar-refractivity contribution is 0.121. The van der Waals surface area contributed by atoms with E-state index in [0.717, 1.165) is 0 Å². The molecule has 0 rings (SSSR count). The van der Waals surface area contributed by atoms with Gasteiger partial charge in [0.25, 0.3) is 0 Å². The average Bonchev–Trinajstić information content (AvgIpc) is 2.22. The van der Waals surface area contributed by atoms with Crippen LogP contribution in [0.3, 0.4) is 0 Å². The fraction of sp³-hybridized carbons (Fsp3) is 0.750. The highest BCUT2D eigenvalue weighted by Crippen LogP contribution is 1.95. The van der Waals surface area contributed by atoms with E-state index in [-0.39, 0.29) is 12.3 Å². The van der Waals surface area contributed by atoms with Gasteiger partial charge in [0.05, 0.1) is 12.1 Å². The number of ether oxygens (including phenoxy) is 1. The number of nitrogens with zero attached hydrogens (tertiary/aromatic N) is 1. The fourth-order valence-corrected chi connectivity index (χ4v) is 1.98. The molecule has 106 valence electrons. The van der Waals surface area contributed by atoms with Gasteiger partial charge in [-0.05, 0) is 20.3 Å². The molecule has 0 saturated carbocycles. The number of carbonyl (C=O) groups is 1. The first kappa shape index (κ1) is 16.4. The van der Waals surface area contributed by atoms with Crippen LogP contribution < -0.4 is 15.2 Å². The maximum absolute atomic E-state index is 11.5. The van der Waals surface area contributed by atoms with Gasteiger partial charge in [-0.2, -0.15) is 13.1 Å². The van der Waals surface area contributed by atoms with Crippen molar-refractivity contribution in [2.24, 2.45) is 10.9 Å². The Hall–Kier alpha value is -1.55. The van der Waals surface area contributed by atoms with Gasteiger partial charge >= 0.3 is 16.3 Å². The van der Waals surface area contributed by atoms with E-state index in [1.807, 2.05) is 4.72 Å². The van der Waals surface area contributed by atoms with Crippen LogP contribution in [0.5, 0.6) is 0 Å². The smallest absolute Gasteiger partial charge is 0.422 e. The molecule has 0 aliphatic carbocycles. The van der Waals surface area contributed by atoms with Crippen molar-refractivity contribution in [1.29, 1.82) is 0 Å². The summed E-state index contributed by atoms with van der Waals surface area (Å²) in [6.45, 7) is 4.77. The molecule has 0 aromatic heterocycles. The van der Waals surface area contributed by atoms with Crippen LogP contribution in [-0.4, -0.2) is 37.7 Å². The second kappa shape index (κ2) is 7.01. The van der Waals surface area contributed by atoms with E-state index < -0.39 is 28.4 Å². The van der Waals surface area contributed by atoms with Crippen molar-refractivity contribution in [3.8, 4) is 0 Å². The average molecular weight is 282 g/mol. The Kier molecular flexibility index (Phi) is 6.41. The van der Waals surface area contributed by atoms with Crippen LogP contribution in [0, 0.1) is 0 Å². The Morgan fingerprint density at radius 3 is 2.44 bits per heavy atom. The minimum absolute atomic E-state index is 0.246. The summed E-state index contributed by atoms with van der Waals surface area (Å²) in [6.07, 6.45) is -1.31. The standard InChI is InChI=1S/C8H18N4O5S/c1-4-6(7(9)10-14)11-18(15,16)12-8(13)17-5(2)3/h5-6,11,14H,4H2,1-3H3,(H2,9,10)(H,12,13). The molecule has 0 aromatic rings. The first-order valence-electron chi connectivity index (χ1n) is 5.20.